The molecule has 1 heterocycles. The molecule has 0 aromatic carbocycles. The van der Waals surface area contributed by atoms with Crippen LogP contribution in [-0.2, 0) is 9.53 Å². The van der Waals surface area contributed by atoms with Crippen LogP contribution in [-0.4, -0.2) is 43.1 Å². The van der Waals surface area contributed by atoms with E-state index in [1.807, 2.05) is 6.92 Å². The summed E-state index contributed by atoms with van der Waals surface area (Å²) in [6, 6.07) is 0. The molecule has 1 aliphatic rings. The number of nitrogens with two attached hydrogens (primary N) is 1. The molecular formula is C16H32IN3O2. The summed E-state index contributed by atoms with van der Waals surface area (Å²) < 4.78 is 4.89. The lowest BCUT2D eigenvalue weighted by atomic mass is 10.0. The van der Waals surface area contributed by atoms with Crippen molar-refractivity contribution in [3.05, 3.63) is 0 Å². The zero-order valence-electron chi connectivity index (χ0n) is 14.1. The first-order chi connectivity index (χ1) is 10.1. The van der Waals surface area contributed by atoms with Crippen LogP contribution in [0.5, 0.6) is 0 Å². The highest BCUT2D eigenvalue weighted by Gasteiger charge is 2.17. The minimum absolute atomic E-state index is 0. The summed E-state index contributed by atoms with van der Waals surface area (Å²) in [7, 11) is 0. The second-order valence-electron chi connectivity index (χ2n) is 5.90. The Morgan fingerprint density at radius 2 is 2.05 bits per heavy atom. The zero-order valence-corrected chi connectivity index (χ0v) is 16.4. The number of esters is 1. The molecule has 1 rings (SSSR count). The Kier molecular flexibility index (Phi) is 12.6. The third-order valence-corrected chi connectivity index (χ3v) is 3.85. The number of unbranched alkanes of at least 4 members (excludes halogenated alkanes) is 3. The van der Waals surface area contributed by atoms with Crippen molar-refractivity contribution in [2.45, 2.75) is 58.8 Å². The molecule has 0 bridgehead atoms. The van der Waals surface area contributed by atoms with Gasteiger partial charge in [-0.2, -0.15) is 0 Å². The number of aliphatic imine (C=N–C) groups is 1. The normalized spacial score (nSPS) is 18.7. The molecule has 2 N–H and O–H groups in total. The van der Waals surface area contributed by atoms with Crippen molar-refractivity contribution in [1.29, 1.82) is 0 Å². The van der Waals surface area contributed by atoms with Gasteiger partial charge in [0.2, 0.25) is 0 Å². The molecule has 1 fully saturated rings. The number of carbonyl (C=O) groups excluding carboxylic acids is 1. The van der Waals surface area contributed by atoms with E-state index in [0.717, 1.165) is 51.2 Å². The van der Waals surface area contributed by atoms with Gasteiger partial charge in [0.15, 0.2) is 5.96 Å². The summed E-state index contributed by atoms with van der Waals surface area (Å²) in [4.78, 5) is 17.8. The highest BCUT2D eigenvalue weighted by Crippen LogP contribution is 2.14. The van der Waals surface area contributed by atoms with Crippen LogP contribution in [0.25, 0.3) is 0 Å². The average molecular weight is 425 g/mol. The van der Waals surface area contributed by atoms with Gasteiger partial charge in [-0.3, -0.25) is 9.79 Å². The molecule has 0 aromatic rings. The molecule has 1 saturated heterocycles. The first kappa shape index (κ1) is 21.5. The van der Waals surface area contributed by atoms with Crippen molar-refractivity contribution in [3.8, 4) is 0 Å². The van der Waals surface area contributed by atoms with Crippen molar-refractivity contribution >= 4 is 35.9 Å². The summed E-state index contributed by atoms with van der Waals surface area (Å²) in [5.74, 6) is 1.34. The third kappa shape index (κ3) is 9.48. The Balaban J connectivity index is 0.00000441. The number of hydrogen-bond donors (Lipinski definition) is 1. The predicted octanol–water partition coefficient (Wildman–Crippen LogP) is 3.16. The van der Waals surface area contributed by atoms with Crippen molar-refractivity contribution in [3.63, 3.8) is 0 Å². The molecule has 6 heteroatoms. The molecule has 1 unspecified atom stereocenters. The molecule has 0 amide bonds. The van der Waals surface area contributed by atoms with Gasteiger partial charge in [0.1, 0.15) is 0 Å². The van der Waals surface area contributed by atoms with Gasteiger partial charge in [-0.1, -0.05) is 19.8 Å². The first-order valence-electron chi connectivity index (χ1n) is 8.34. The maximum absolute atomic E-state index is 11.2. The quantitative estimate of drug-likeness (QED) is 0.213. The number of nitrogens with zero attached hydrogens (tertiary/aromatic N) is 2. The van der Waals surface area contributed by atoms with Crippen LogP contribution >= 0.6 is 24.0 Å². The van der Waals surface area contributed by atoms with Crippen molar-refractivity contribution < 1.29 is 9.53 Å². The van der Waals surface area contributed by atoms with Crippen LogP contribution in [0.2, 0.25) is 0 Å². The van der Waals surface area contributed by atoms with Crippen molar-refractivity contribution in [2.75, 3.05) is 26.2 Å². The minimum Gasteiger partial charge on any atom is -0.466 e. The van der Waals surface area contributed by atoms with Crippen LogP contribution in [0.3, 0.4) is 0 Å². The fourth-order valence-electron chi connectivity index (χ4n) is 2.66. The molecular weight excluding hydrogens is 393 g/mol. The standard InChI is InChI=1S/C16H31N3O2.HI/c1-3-21-15(20)10-6-4-5-7-11-18-16(17)19-12-8-9-14(2)13-19;/h14H,3-13H2,1-2H3,(H2,17,18);1H. The lowest BCUT2D eigenvalue weighted by Crippen LogP contribution is -2.43. The van der Waals surface area contributed by atoms with Crippen LogP contribution in [0.15, 0.2) is 4.99 Å². The summed E-state index contributed by atoms with van der Waals surface area (Å²) in [6.07, 6.45) is 7.12. The van der Waals surface area contributed by atoms with E-state index in [4.69, 9.17) is 10.5 Å². The Morgan fingerprint density at radius 1 is 1.32 bits per heavy atom. The van der Waals surface area contributed by atoms with Crippen LogP contribution in [0.1, 0.15) is 58.8 Å². The van der Waals surface area contributed by atoms with E-state index in [0.29, 0.717) is 19.0 Å². The number of piperidine rings is 1. The summed E-state index contributed by atoms with van der Waals surface area (Å²) >= 11 is 0. The van der Waals surface area contributed by atoms with E-state index < -0.39 is 0 Å². The topological polar surface area (TPSA) is 67.9 Å². The number of likely N-dealkylation sites (tertiary alicyclic amines) is 1. The Morgan fingerprint density at radius 3 is 2.73 bits per heavy atom. The molecule has 1 aliphatic heterocycles. The smallest absolute Gasteiger partial charge is 0.305 e. The summed E-state index contributed by atoms with van der Waals surface area (Å²) in [5, 5.41) is 0. The molecule has 0 radical (unpaired) electrons. The van der Waals surface area contributed by atoms with Gasteiger partial charge in [0.25, 0.3) is 0 Å². The van der Waals surface area contributed by atoms with Gasteiger partial charge in [0.05, 0.1) is 6.61 Å². The third-order valence-electron chi connectivity index (χ3n) is 3.85. The van der Waals surface area contributed by atoms with Crippen molar-refractivity contribution in [1.82, 2.24) is 4.90 Å². The van der Waals surface area contributed by atoms with E-state index in [9.17, 15) is 4.79 Å². The zero-order chi connectivity index (χ0) is 15.5. The molecule has 0 spiro atoms. The number of guanidine groups is 1. The van der Waals surface area contributed by atoms with E-state index in [1.165, 1.54) is 12.8 Å². The second-order valence-corrected chi connectivity index (χ2v) is 5.90. The van der Waals surface area contributed by atoms with E-state index in [2.05, 4.69) is 16.8 Å². The summed E-state index contributed by atoms with van der Waals surface area (Å²) in [6.45, 7) is 7.44. The number of rotatable bonds is 8. The molecule has 130 valence electrons. The van der Waals surface area contributed by atoms with Gasteiger partial charge < -0.3 is 15.4 Å². The Bertz CT molecular complexity index is 337. The van der Waals surface area contributed by atoms with E-state index in [-0.39, 0.29) is 29.9 Å². The van der Waals surface area contributed by atoms with Crippen LogP contribution < -0.4 is 5.73 Å². The van der Waals surface area contributed by atoms with Gasteiger partial charge >= 0.3 is 5.97 Å². The van der Waals surface area contributed by atoms with E-state index in [1.54, 1.807) is 0 Å². The molecule has 22 heavy (non-hydrogen) atoms. The van der Waals surface area contributed by atoms with E-state index >= 15 is 0 Å². The number of hydrogen-bond acceptors (Lipinski definition) is 3. The first-order valence-corrected chi connectivity index (χ1v) is 8.34. The van der Waals surface area contributed by atoms with Gasteiger partial charge in [-0.15, -0.1) is 24.0 Å². The largest absolute Gasteiger partial charge is 0.466 e. The second kappa shape index (κ2) is 13.0. The molecule has 0 aliphatic carbocycles. The minimum atomic E-state index is -0.0843. The summed E-state index contributed by atoms with van der Waals surface area (Å²) in [5.41, 5.74) is 6.04. The van der Waals surface area contributed by atoms with Crippen LogP contribution in [0.4, 0.5) is 0 Å². The maximum Gasteiger partial charge on any atom is 0.305 e. The van der Waals surface area contributed by atoms with Crippen LogP contribution in [0, 0.1) is 5.92 Å². The Labute approximate surface area is 152 Å². The number of halogens is 1. The lowest BCUT2D eigenvalue weighted by molar-refractivity contribution is -0.143. The van der Waals surface area contributed by atoms with Crippen molar-refractivity contribution in [2.24, 2.45) is 16.6 Å². The Hall–Kier alpha value is -0.530. The molecule has 5 nitrogen and oxygen atoms in total. The maximum atomic E-state index is 11.2. The highest BCUT2D eigenvalue weighted by atomic mass is 127. The predicted molar refractivity (Wildman–Crippen MR) is 102 cm³/mol. The van der Waals surface area contributed by atoms with Gasteiger partial charge in [-0.25, -0.2) is 0 Å². The monoisotopic (exact) mass is 425 g/mol. The SMILES string of the molecule is CCOC(=O)CCCCCCN=C(N)N1CCCC(C)C1.I. The number of ether oxygens (including phenoxy) is 1. The molecule has 0 saturated carbocycles. The highest BCUT2D eigenvalue weighted by molar-refractivity contribution is 14.0. The van der Waals surface area contributed by atoms with Gasteiger partial charge in [0, 0.05) is 26.1 Å². The fraction of sp³-hybridized carbons (Fsp3) is 0.875. The molecule has 1 atom stereocenters. The fourth-order valence-corrected chi connectivity index (χ4v) is 2.66. The average Bonchev–Trinajstić information content (AvgIpc) is 2.46. The lowest BCUT2D eigenvalue weighted by Gasteiger charge is -2.31. The molecule has 0 aromatic heterocycles. The number of carbonyl (C=O) groups is 1. The van der Waals surface area contributed by atoms with Gasteiger partial charge in [-0.05, 0) is 38.5 Å².